The molecular weight excluding hydrogens is 573 g/mol. The number of carbonyl (C=O) groups is 3. The second kappa shape index (κ2) is 12.2. The molecule has 7 N–H and O–H groups in total. The summed E-state index contributed by atoms with van der Waals surface area (Å²) in [6, 6.07) is 1.62. The summed E-state index contributed by atoms with van der Waals surface area (Å²) in [6.45, 7) is 3.46. The number of carboxylic acid groups (broad SMARTS) is 1. The van der Waals surface area contributed by atoms with Crippen molar-refractivity contribution in [3.63, 3.8) is 0 Å². The Balaban J connectivity index is 1.81. The van der Waals surface area contributed by atoms with Gasteiger partial charge >= 0.3 is 12.3 Å². The number of Topliss-reactive ketones (excluding diaryl/α,β-unsaturated/α-hetero) is 1. The van der Waals surface area contributed by atoms with Gasteiger partial charge in [0.15, 0.2) is 17.3 Å². The van der Waals surface area contributed by atoms with Crippen LogP contribution in [0.1, 0.15) is 33.1 Å². The van der Waals surface area contributed by atoms with Crippen molar-refractivity contribution in [2.24, 2.45) is 17.6 Å². The van der Waals surface area contributed by atoms with Gasteiger partial charge in [-0.3, -0.25) is 19.8 Å². The van der Waals surface area contributed by atoms with Crippen LogP contribution >= 0.6 is 0 Å². The molecule has 0 aromatic heterocycles. The van der Waals surface area contributed by atoms with Crippen LogP contribution in [0.15, 0.2) is 29.2 Å². The number of sulfonamides is 1. The van der Waals surface area contributed by atoms with Crippen LogP contribution in [0.3, 0.4) is 0 Å². The summed E-state index contributed by atoms with van der Waals surface area (Å²) in [5.41, 5.74) is 3.21. The maximum absolute atomic E-state index is 13.6. The van der Waals surface area contributed by atoms with E-state index < -0.39 is 68.2 Å². The predicted molar refractivity (Wildman–Crippen MR) is 138 cm³/mol. The van der Waals surface area contributed by atoms with Crippen molar-refractivity contribution in [3.05, 3.63) is 24.3 Å². The van der Waals surface area contributed by atoms with Gasteiger partial charge in [-0.1, -0.05) is 0 Å². The topological polar surface area (TPSA) is 204 Å². The van der Waals surface area contributed by atoms with E-state index in [0.29, 0.717) is 25.9 Å². The molecule has 13 nitrogen and oxygen atoms in total. The Kier molecular flexibility index (Phi) is 9.54. The van der Waals surface area contributed by atoms with E-state index in [1.165, 1.54) is 6.92 Å². The summed E-state index contributed by atoms with van der Waals surface area (Å²) in [6.07, 6.45) is -3.43. The van der Waals surface area contributed by atoms with Crippen LogP contribution < -0.4 is 25.8 Å². The number of nitrogens with one attached hydrogen (secondary N) is 4. The standard InChI is InChI=1S/C24H33F3N6O7S/c1-13(20(35)36)31-18-10-17(18)19(34)23(2,21(37)30-11-14-4-3-9-33(12-14)22(28)29)32-41(38,39)16-7-5-15(6-8-16)40-24(25,26)27/h5-8,13-14,17-18,31-32H,3-4,9-12H2,1-2H3,(H3,28,29)(H,30,37)(H,35,36)/t13?,14-,17-,18-,23-/m0/s1. The lowest BCUT2D eigenvalue weighted by Crippen LogP contribution is -2.63. The summed E-state index contributed by atoms with van der Waals surface area (Å²) < 4.78 is 69.8. The number of ketones is 1. The minimum Gasteiger partial charge on any atom is -0.480 e. The average molecular weight is 607 g/mol. The number of carboxylic acids is 1. The first-order chi connectivity index (χ1) is 18.9. The quantitative estimate of drug-likeness (QED) is 0.110. The number of alkyl halides is 3. The Morgan fingerprint density at radius 3 is 2.44 bits per heavy atom. The number of aliphatic carboxylic acids is 1. The highest BCUT2D eigenvalue weighted by atomic mass is 32.2. The summed E-state index contributed by atoms with van der Waals surface area (Å²) >= 11 is 0. The summed E-state index contributed by atoms with van der Waals surface area (Å²) in [7, 11) is -4.63. The highest BCUT2D eigenvalue weighted by Gasteiger charge is 2.55. The Labute approximate surface area is 234 Å². The molecule has 0 bridgehead atoms. The van der Waals surface area contributed by atoms with E-state index in [9.17, 15) is 36.0 Å². The first-order valence-electron chi connectivity index (χ1n) is 12.7. The van der Waals surface area contributed by atoms with Gasteiger partial charge in [0.05, 0.1) is 4.90 Å². The van der Waals surface area contributed by atoms with E-state index in [4.69, 9.17) is 16.2 Å². The molecule has 41 heavy (non-hydrogen) atoms. The lowest BCUT2D eigenvalue weighted by molar-refractivity contribution is -0.274. The molecular formula is C24H33F3N6O7S. The Morgan fingerprint density at radius 2 is 1.88 bits per heavy atom. The van der Waals surface area contributed by atoms with Crippen molar-refractivity contribution in [1.82, 2.24) is 20.3 Å². The normalized spacial score (nSPS) is 23.1. The first-order valence-corrected chi connectivity index (χ1v) is 14.2. The van der Waals surface area contributed by atoms with Crippen LogP contribution in [0, 0.1) is 17.2 Å². The highest BCUT2D eigenvalue weighted by molar-refractivity contribution is 7.89. The molecule has 0 radical (unpaired) electrons. The summed E-state index contributed by atoms with van der Waals surface area (Å²) in [5, 5.41) is 22.1. The van der Waals surface area contributed by atoms with Gasteiger partial charge in [-0.2, -0.15) is 4.72 Å². The smallest absolute Gasteiger partial charge is 0.480 e. The second-order valence-corrected chi connectivity index (χ2v) is 12.0. The van der Waals surface area contributed by atoms with E-state index in [0.717, 1.165) is 31.2 Å². The number of nitrogens with zero attached hydrogens (tertiary/aromatic N) is 1. The van der Waals surface area contributed by atoms with E-state index in [1.54, 1.807) is 4.90 Å². The molecule has 2 fully saturated rings. The lowest BCUT2D eigenvalue weighted by atomic mass is 9.92. The number of benzene rings is 1. The zero-order valence-corrected chi connectivity index (χ0v) is 23.1. The Hall–Kier alpha value is -3.44. The van der Waals surface area contributed by atoms with Crippen molar-refractivity contribution < 1.29 is 45.8 Å². The minimum atomic E-state index is -4.99. The number of guanidine groups is 1. The maximum atomic E-state index is 13.6. The van der Waals surface area contributed by atoms with Crippen LogP contribution in [0.25, 0.3) is 0 Å². The number of hydrogen-bond acceptors (Lipinski definition) is 8. The van der Waals surface area contributed by atoms with Crippen molar-refractivity contribution in [1.29, 1.82) is 5.41 Å². The van der Waals surface area contributed by atoms with Gasteiger partial charge in [-0.25, -0.2) is 8.42 Å². The molecule has 2 aliphatic rings. The first kappa shape index (κ1) is 32.1. The monoisotopic (exact) mass is 606 g/mol. The molecule has 1 saturated carbocycles. The third-order valence-electron chi connectivity index (χ3n) is 7.03. The Morgan fingerprint density at radius 1 is 1.24 bits per heavy atom. The third kappa shape index (κ3) is 8.29. The third-order valence-corrected chi connectivity index (χ3v) is 8.60. The highest BCUT2D eigenvalue weighted by Crippen LogP contribution is 2.36. The molecule has 1 heterocycles. The number of halogens is 3. The number of hydrogen-bond donors (Lipinski definition) is 6. The Bertz CT molecular complexity index is 1280. The molecule has 1 saturated heterocycles. The molecule has 1 unspecified atom stereocenters. The largest absolute Gasteiger partial charge is 0.573 e. The number of amides is 1. The number of likely N-dealkylation sites (tertiary alicyclic amines) is 1. The molecule has 17 heteroatoms. The average Bonchev–Trinajstić information content (AvgIpc) is 3.64. The van der Waals surface area contributed by atoms with E-state index in [1.807, 2.05) is 0 Å². The molecule has 5 atom stereocenters. The number of piperidine rings is 1. The summed E-state index contributed by atoms with van der Waals surface area (Å²) in [4.78, 5) is 39.3. The van der Waals surface area contributed by atoms with Crippen molar-refractivity contribution in [2.45, 2.75) is 62.0 Å². The van der Waals surface area contributed by atoms with Crippen molar-refractivity contribution >= 4 is 33.6 Å². The van der Waals surface area contributed by atoms with E-state index >= 15 is 0 Å². The fourth-order valence-corrected chi connectivity index (χ4v) is 6.00. The zero-order valence-electron chi connectivity index (χ0n) is 22.3. The molecule has 1 aliphatic heterocycles. The fourth-order valence-electron chi connectivity index (χ4n) is 4.65. The van der Waals surface area contributed by atoms with Crippen LogP contribution in [-0.2, 0) is 24.4 Å². The number of rotatable bonds is 12. The van der Waals surface area contributed by atoms with Crippen LogP contribution in [0.2, 0.25) is 0 Å². The summed E-state index contributed by atoms with van der Waals surface area (Å²) in [5.74, 6) is -4.72. The lowest BCUT2D eigenvalue weighted by Gasteiger charge is -2.34. The molecule has 1 aromatic rings. The fraction of sp³-hybridized carbons (Fsp3) is 0.583. The minimum absolute atomic E-state index is 0.0546. The number of nitrogens with two attached hydrogens (primary N) is 1. The van der Waals surface area contributed by atoms with Crippen LogP contribution in [0.5, 0.6) is 5.75 Å². The van der Waals surface area contributed by atoms with Gasteiger partial charge in [0.1, 0.15) is 11.8 Å². The number of ether oxygens (including phenoxy) is 1. The molecule has 1 aliphatic carbocycles. The van der Waals surface area contributed by atoms with Crippen LogP contribution in [0.4, 0.5) is 13.2 Å². The molecule has 1 amide bonds. The molecule has 3 rings (SSSR count). The van der Waals surface area contributed by atoms with Gasteiger partial charge in [-0.05, 0) is 63.3 Å². The van der Waals surface area contributed by atoms with Crippen molar-refractivity contribution in [3.8, 4) is 5.75 Å². The van der Waals surface area contributed by atoms with Gasteiger partial charge < -0.3 is 31.1 Å². The van der Waals surface area contributed by atoms with E-state index in [2.05, 4.69) is 20.1 Å². The van der Waals surface area contributed by atoms with Crippen LogP contribution in [-0.4, -0.2) is 85.7 Å². The van der Waals surface area contributed by atoms with Gasteiger partial charge in [0, 0.05) is 31.6 Å². The zero-order chi connectivity index (χ0) is 30.8. The second-order valence-electron chi connectivity index (χ2n) is 10.3. The number of carbonyl (C=O) groups excluding carboxylic acids is 2. The van der Waals surface area contributed by atoms with Gasteiger partial charge in [0.25, 0.3) is 0 Å². The molecule has 1 aromatic carbocycles. The predicted octanol–water partition coefficient (Wildman–Crippen LogP) is 0.364. The van der Waals surface area contributed by atoms with Gasteiger partial charge in [-0.15, -0.1) is 13.2 Å². The van der Waals surface area contributed by atoms with Gasteiger partial charge in [0.2, 0.25) is 15.9 Å². The SMILES string of the molecule is CC(N[C@H]1C[C@@H]1C(=O)[C@](C)(NS(=O)(=O)c1ccc(OC(F)(F)F)cc1)C(=O)NC[C@@H]1CCCN(C(=N)N)C1)C(=O)O. The van der Waals surface area contributed by atoms with Crippen molar-refractivity contribution in [2.75, 3.05) is 19.6 Å². The van der Waals surface area contributed by atoms with E-state index in [-0.39, 0.29) is 24.8 Å². The maximum Gasteiger partial charge on any atom is 0.573 e. The molecule has 228 valence electrons. The molecule has 0 spiro atoms.